The van der Waals surface area contributed by atoms with Crippen LogP contribution in [0.4, 0.5) is 15.0 Å². The molecule has 12 heteroatoms. The number of pyridine rings is 1. The van der Waals surface area contributed by atoms with Crippen LogP contribution in [0.2, 0.25) is 0 Å². The standard InChI is InChI=1S/C21H28FN5O5S/c1-21(2,3)32-20(31)26-15-13(8-7-12(16(15)28)19(30)27(4)5)24-18(33)17(29)25-14-9-6-11(22)10-23-14/h6,9-10,12-13,15H,7-8H2,1-5H3,(H,24,33)(H,26,31)(H,23,25,29)/t12-,13-,15-/m0/s1. The summed E-state index contributed by atoms with van der Waals surface area (Å²) in [6.07, 6.45) is 0.591. The predicted octanol–water partition coefficient (Wildman–Crippen LogP) is 1.41. The van der Waals surface area contributed by atoms with Gasteiger partial charge in [0, 0.05) is 14.1 Å². The smallest absolute Gasteiger partial charge is 0.408 e. The molecule has 1 aliphatic rings. The number of carbonyl (C=O) groups is 4. The predicted molar refractivity (Wildman–Crippen MR) is 122 cm³/mol. The van der Waals surface area contributed by atoms with E-state index in [1.165, 1.54) is 11.0 Å². The maximum Gasteiger partial charge on any atom is 0.408 e. The van der Waals surface area contributed by atoms with Crippen LogP contribution in [-0.2, 0) is 19.1 Å². The minimum atomic E-state index is -1.16. The molecule has 0 saturated heterocycles. The number of ketones is 1. The van der Waals surface area contributed by atoms with Crippen molar-refractivity contribution in [3.8, 4) is 0 Å². The SMILES string of the molecule is CN(C)C(=O)[C@H]1CC[C@H](NC(=S)C(=O)Nc2ccc(F)cn2)[C@H](NC(=O)OC(C)(C)C)C1=O. The van der Waals surface area contributed by atoms with Crippen molar-refractivity contribution in [2.75, 3.05) is 19.4 Å². The van der Waals surface area contributed by atoms with Crippen LogP contribution in [0.3, 0.4) is 0 Å². The van der Waals surface area contributed by atoms with Crippen LogP contribution < -0.4 is 16.0 Å². The first kappa shape index (κ1) is 26.1. The zero-order chi connectivity index (χ0) is 24.9. The molecule has 1 aliphatic carbocycles. The topological polar surface area (TPSA) is 130 Å². The summed E-state index contributed by atoms with van der Waals surface area (Å²) in [6.45, 7) is 5.02. The second-order valence-electron chi connectivity index (χ2n) is 8.78. The molecular formula is C21H28FN5O5S. The summed E-state index contributed by atoms with van der Waals surface area (Å²) < 4.78 is 18.2. The van der Waals surface area contributed by atoms with Gasteiger partial charge in [0.1, 0.15) is 23.3 Å². The number of rotatable bonds is 4. The van der Waals surface area contributed by atoms with Gasteiger partial charge in [0.15, 0.2) is 10.8 Å². The van der Waals surface area contributed by atoms with Gasteiger partial charge in [-0.1, -0.05) is 12.2 Å². The number of nitrogens with zero attached hydrogens (tertiary/aromatic N) is 2. The average molecular weight is 482 g/mol. The third-order valence-corrected chi connectivity index (χ3v) is 5.02. The fourth-order valence-electron chi connectivity index (χ4n) is 3.25. The molecule has 0 bridgehead atoms. The van der Waals surface area contributed by atoms with E-state index in [4.69, 9.17) is 17.0 Å². The lowest BCUT2D eigenvalue weighted by Crippen LogP contribution is -2.62. The summed E-state index contributed by atoms with van der Waals surface area (Å²) in [6, 6.07) is 0.485. The zero-order valence-corrected chi connectivity index (χ0v) is 19.9. The molecular weight excluding hydrogens is 453 g/mol. The molecule has 3 atom stereocenters. The fraction of sp³-hybridized carbons (Fsp3) is 0.524. The third kappa shape index (κ3) is 7.45. The van der Waals surface area contributed by atoms with Crippen LogP contribution in [0.25, 0.3) is 0 Å². The number of hydrogen-bond acceptors (Lipinski definition) is 7. The van der Waals surface area contributed by atoms with Crippen molar-refractivity contribution in [3.63, 3.8) is 0 Å². The molecule has 1 aromatic rings. The van der Waals surface area contributed by atoms with E-state index in [1.807, 2.05) is 0 Å². The van der Waals surface area contributed by atoms with Gasteiger partial charge in [0.2, 0.25) is 5.91 Å². The summed E-state index contributed by atoms with van der Waals surface area (Å²) in [4.78, 5) is 55.1. The third-order valence-electron chi connectivity index (χ3n) is 4.72. The number of alkyl carbamates (subject to hydrolysis) is 1. The second-order valence-corrected chi connectivity index (χ2v) is 9.19. The van der Waals surface area contributed by atoms with Crippen LogP contribution in [0.1, 0.15) is 33.6 Å². The molecule has 1 fully saturated rings. The Morgan fingerprint density at radius 2 is 1.85 bits per heavy atom. The van der Waals surface area contributed by atoms with E-state index in [0.29, 0.717) is 0 Å². The molecule has 1 aromatic heterocycles. The van der Waals surface area contributed by atoms with Crippen LogP contribution in [-0.4, -0.2) is 70.3 Å². The fourth-order valence-corrected chi connectivity index (χ4v) is 3.45. The van der Waals surface area contributed by atoms with Crippen LogP contribution in [0.15, 0.2) is 18.3 Å². The van der Waals surface area contributed by atoms with E-state index in [2.05, 4.69) is 20.9 Å². The van der Waals surface area contributed by atoms with Gasteiger partial charge in [-0.05, 0) is 45.7 Å². The van der Waals surface area contributed by atoms with Crippen molar-refractivity contribution in [1.29, 1.82) is 0 Å². The summed E-state index contributed by atoms with van der Waals surface area (Å²) in [5, 5.41) is 7.72. The van der Waals surface area contributed by atoms with Gasteiger partial charge in [-0.25, -0.2) is 14.2 Å². The Bertz CT molecular complexity index is 932. The van der Waals surface area contributed by atoms with Crippen molar-refractivity contribution in [2.45, 2.75) is 51.3 Å². The summed E-state index contributed by atoms with van der Waals surface area (Å²) in [5.41, 5.74) is -0.805. The van der Waals surface area contributed by atoms with Crippen molar-refractivity contribution in [1.82, 2.24) is 20.5 Å². The molecule has 3 amide bonds. The lowest BCUT2D eigenvalue weighted by atomic mass is 9.80. The molecule has 10 nitrogen and oxygen atoms in total. The summed E-state index contributed by atoms with van der Waals surface area (Å²) in [7, 11) is 3.08. The number of nitrogens with one attached hydrogen (secondary N) is 3. The van der Waals surface area contributed by atoms with Crippen molar-refractivity contribution < 1.29 is 28.3 Å². The molecule has 0 unspecified atom stereocenters. The number of thiocarbonyl (C=S) groups is 1. The van der Waals surface area contributed by atoms with Crippen LogP contribution >= 0.6 is 12.2 Å². The number of amides is 3. The second kappa shape index (κ2) is 10.6. The number of ether oxygens (including phenoxy) is 1. The van der Waals surface area contributed by atoms with E-state index < -0.39 is 47.2 Å². The highest BCUT2D eigenvalue weighted by Crippen LogP contribution is 2.24. The zero-order valence-electron chi connectivity index (χ0n) is 19.1. The minimum absolute atomic E-state index is 0.0883. The molecule has 0 aromatic carbocycles. The van der Waals surface area contributed by atoms with Gasteiger partial charge >= 0.3 is 6.09 Å². The summed E-state index contributed by atoms with van der Waals surface area (Å²) >= 11 is 5.14. The quantitative estimate of drug-likeness (QED) is 0.435. The highest BCUT2D eigenvalue weighted by atomic mass is 32.1. The van der Waals surface area contributed by atoms with Crippen LogP contribution in [0, 0.1) is 11.7 Å². The first-order chi connectivity index (χ1) is 15.3. The Labute approximate surface area is 196 Å². The minimum Gasteiger partial charge on any atom is -0.444 e. The Balaban J connectivity index is 2.15. The van der Waals surface area contributed by atoms with E-state index in [0.717, 1.165) is 12.3 Å². The average Bonchev–Trinajstić information content (AvgIpc) is 2.70. The molecule has 1 saturated carbocycles. The number of Topliss-reactive ketones (excluding diaryl/α,β-unsaturated/α-hetero) is 1. The van der Waals surface area contributed by atoms with E-state index in [1.54, 1.807) is 34.9 Å². The van der Waals surface area contributed by atoms with Gasteiger partial charge in [-0.3, -0.25) is 14.4 Å². The number of hydrogen-bond donors (Lipinski definition) is 3. The molecule has 180 valence electrons. The van der Waals surface area contributed by atoms with Gasteiger partial charge < -0.3 is 25.6 Å². The highest BCUT2D eigenvalue weighted by Gasteiger charge is 2.44. The Morgan fingerprint density at radius 1 is 1.18 bits per heavy atom. The Morgan fingerprint density at radius 3 is 2.39 bits per heavy atom. The first-order valence-electron chi connectivity index (χ1n) is 10.3. The molecule has 0 spiro atoms. The Kier molecular flexibility index (Phi) is 8.42. The number of halogens is 1. The molecule has 0 aliphatic heterocycles. The number of anilines is 1. The van der Waals surface area contributed by atoms with E-state index >= 15 is 0 Å². The lowest BCUT2D eigenvalue weighted by molar-refractivity contribution is -0.142. The Hall–Kier alpha value is -3.15. The van der Waals surface area contributed by atoms with Crippen molar-refractivity contribution >= 4 is 46.7 Å². The molecule has 1 heterocycles. The van der Waals surface area contributed by atoms with E-state index in [9.17, 15) is 23.6 Å². The van der Waals surface area contributed by atoms with Crippen LogP contribution in [0.5, 0.6) is 0 Å². The van der Waals surface area contributed by atoms with Crippen molar-refractivity contribution in [2.24, 2.45) is 5.92 Å². The number of aromatic nitrogens is 1. The summed E-state index contributed by atoms with van der Waals surface area (Å²) in [5.74, 6) is -3.02. The van der Waals surface area contributed by atoms with Crippen molar-refractivity contribution in [3.05, 3.63) is 24.1 Å². The normalized spacial score (nSPS) is 20.4. The monoisotopic (exact) mass is 481 g/mol. The molecule has 0 radical (unpaired) electrons. The largest absolute Gasteiger partial charge is 0.444 e. The lowest BCUT2D eigenvalue weighted by Gasteiger charge is -2.36. The van der Waals surface area contributed by atoms with Gasteiger partial charge in [-0.15, -0.1) is 0 Å². The number of carbonyl (C=O) groups excluding carboxylic acids is 4. The van der Waals surface area contributed by atoms with Gasteiger partial charge in [-0.2, -0.15) is 0 Å². The maximum absolute atomic E-state index is 13.1. The maximum atomic E-state index is 13.1. The van der Waals surface area contributed by atoms with E-state index in [-0.39, 0.29) is 29.6 Å². The molecule has 2 rings (SSSR count). The van der Waals surface area contributed by atoms with Gasteiger partial charge in [0.05, 0.1) is 18.2 Å². The first-order valence-corrected chi connectivity index (χ1v) is 10.7. The molecule has 33 heavy (non-hydrogen) atoms. The highest BCUT2D eigenvalue weighted by molar-refractivity contribution is 7.82. The molecule has 3 N–H and O–H groups in total. The van der Waals surface area contributed by atoms with Gasteiger partial charge in [0.25, 0.3) is 5.91 Å².